The Bertz CT molecular complexity index is 605. The summed E-state index contributed by atoms with van der Waals surface area (Å²) in [5, 5.41) is 3.55. The molecule has 1 atom stereocenters. The molecule has 1 aromatic rings. The molecule has 0 radical (unpaired) electrons. The van der Waals surface area contributed by atoms with Crippen molar-refractivity contribution < 1.29 is 19.1 Å². The number of nitrogens with one attached hydrogen (secondary N) is 1. The van der Waals surface area contributed by atoms with Gasteiger partial charge in [0.15, 0.2) is 13.2 Å². The van der Waals surface area contributed by atoms with Gasteiger partial charge < -0.3 is 14.8 Å². The largest absolute Gasteiger partial charge is 0.480 e. The molecule has 8 heteroatoms. The van der Waals surface area contributed by atoms with Gasteiger partial charge in [0.2, 0.25) is 0 Å². The van der Waals surface area contributed by atoms with Crippen LogP contribution in [0.3, 0.4) is 0 Å². The van der Waals surface area contributed by atoms with Crippen LogP contribution in [0.15, 0.2) is 12.1 Å². The molecule has 1 aliphatic carbocycles. The molecule has 0 bridgehead atoms. The lowest BCUT2D eigenvalue weighted by molar-refractivity contribution is -0.150. The summed E-state index contributed by atoms with van der Waals surface area (Å²) >= 11 is 17.6. The first-order chi connectivity index (χ1) is 10.9. The monoisotopic (exact) mass is 379 g/mol. The maximum Gasteiger partial charge on any atom is 0.344 e. The number of ether oxygens (including phenoxy) is 2. The van der Waals surface area contributed by atoms with Crippen LogP contribution < -0.4 is 10.1 Å². The molecule has 0 heterocycles. The van der Waals surface area contributed by atoms with Gasteiger partial charge in [-0.15, -0.1) is 0 Å². The summed E-state index contributed by atoms with van der Waals surface area (Å²) in [4.78, 5) is 23.2. The lowest BCUT2D eigenvalue weighted by Crippen LogP contribution is -2.37. The van der Waals surface area contributed by atoms with Crippen molar-refractivity contribution in [2.75, 3.05) is 13.2 Å². The van der Waals surface area contributed by atoms with Crippen LogP contribution in [0.5, 0.6) is 5.75 Å². The standard InChI is InChI=1S/C15H16Cl3NO4/c1-8(9-2-3-9)19-14(20)6-23-15(21)7-22-13-5-11(17)10(16)4-12(13)18/h4-5,8-9H,2-3,6-7H2,1H3,(H,19,20)/t8-/m0/s1. The van der Waals surface area contributed by atoms with E-state index < -0.39 is 5.97 Å². The molecule has 0 aliphatic heterocycles. The smallest absolute Gasteiger partial charge is 0.344 e. The van der Waals surface area contributed by atoms with Gasteiger partial charge in [-0.05, 0) is 31.7 Å². The van der Waals surface area contributed by atoms with Gasteiger partial charge in [-0.3, -0.25) is 4.79 Å². The second-order valence-corrected chi connectivity index (χ2v) is 6.56. The highest BCUT2D eigenvalue weighted by Crippen LogP contribution is 2.34. The number of carbonyl (C=O) groups excluding carboxylic acids is 2. The molecule has 0 spiro atoms. The molecular formula is C15H16Cl3NO4. The van der Waals surface area contributed by atoms with Gasteiger partial charge in [0.05, 0.1) is 15.1 Å². The minimum Gasteiger partial charge on any atom is -0.480 e. The van der Waals surface area contributed by atoms with E-state index in [0.29, 0.717) is 5.92 Å². The first-order valence-electron chi connectivity index (χ1n) is 7.09. The Morgan fingerprint density at radius 2 is 1.83 bits per heavy atom. The Morgan fingerprint density at radius 3 is 2.48 bits per heavy atom. The molecule has 0 unspecified atom stereocenters. The van der Waals surface area contributed by atoms with E-state index in [0.717, 1.165) is 12.8 Å². The number of hydrogen-bond acceptors (Lipinski definition) is 4. The molecule has 1 N–H and O–H groups in total. The maximum absolute atomic E-state index is 11.6. The third kappa shape index (κ3) is 5.75. The zero-order valence-electron chi connectivity index (χ0n) is 12.4. The van der Waals surface area contributed by atoms with E-state index >= 15 is 0 Å². The average Bonchev–Trinajstić information content (AvgIpc) is 3.32. The molecule has 126 valence electrons. The summed E-state index contributed by atoms with van der Waals surface area (Å²) in [5.74, 6) is -0.258. The van der Waals surface area contributed by atoms with Crippen LogP contribution in [0.4, 0.5) is 0 Å². The number of halogens is 3. The lowest BCUT2D eigenvalue weighted by Gasteiger charge is -2.13. The fourth-order valence-corrected chi connectivity index (χ4v) is 2.54. The van der Waals surface area contributed by atoms with Gasteiger partial charge in [-0.2, -0.15) is 0 Å². The second kappa shape index (κ2) is 8.08. The van der Waals surface area contributed by atoms with Crippen LogP contribution >= 0.6 is 34.8 Å². The average molecular weight is 381 g/mol. The van der Waals surface area contributed by atoms with Crippen LogP contribution in [0.2, 0.25) is 15.1 Å². The van der Waals surface area contributed by atoms with Crippen LogP contribution in [0.25, 0.3) is 0 Å². The van der Waals surface area contributed by atoms with Crippen molar-refractivity contribution in [1.29, 1.82) is 0 Å². The van der Waals surface area contributed by atoms with Gasteiger partial charge in [0, 0.05) is 12.1 Å². The third-order valence-corrected chi connectivity index (χ3v) is 4.42. The van der Waals surface area contributed by atoms with Crippen molar-refractivity contribution in [1.82, 2.24) is 5.32 Å². The Hall–Kier alpha value is -1.17. The minimum absolute atomic E-state index is 0.104. The van der Waals surface area contributed by atoms with Crippen molar-refractivity contribution in [2.45, 2.75) is 25.8 Å². The summed E-state index contributed by atoms with van der Waals surface area (Å²) in [6.07, 6.45) is 2.25. The van der Waals surface area contributed by atoms with Gasteiger partial charge >= 0.3 is 5.97 Å². The summed E-state index contributed by atoms with van der Waals surface area (Å²) in [6.45, 7) is 1.21. The van der Waals surface area contributed by atoms with Gasteiger partial charge in [-0.1, -0.05) is 34.8 Å². The number of rotatable bonds is 7. The molecule has 2 rings (SSSR count). The first kappa shape index (κ1) is 18.2. The lowest BCUT2D eigenvalue weighted by atomic mass is 10.2. The molecule has 23 heavy (non-hydrogen) atoms. The van der Waals surface area contributed by atoms with Crippen molar-refractivity contribution in [3.63, 3.8) is 0 Å². The van der Waals surface area contributed by atoms with Crippen molar-refractivity contribution >= 4 is 46.7 Å². The Labute approximate surface area is 149 Å². The number of carbonyl (C=O) groups is 2. The number of benzene rings is 1. The third-order valence-electron chi connectivity index (χ3n) is 3.40. The van der Waals surface area contributed by atoms with Gasteiger partial charge in [0.1, 0.15) is 5.75 Å². The number of amides is 1. The normalized spacial score (nSPS) is 15.0. The van der Waals surface area contributed by atoms with Gasteiger partial charge in [-0.25, -0.2) is 4.79 Å². The second-order valence-electron chi connectivity index (χ2n) is 5.34. The van der Waals surface area contributed by atoms with Crippen molar-refractivity contribution in [3.8, 4) is 5.75 Å². The van der Waals surface area contributed by atoms with Crippen molar-refractivity contribution in [3.05, 3.63) is 27.2 Å². The molecule has 0 saturated heterocycles. The highest BCUT2D eigenvalue weighted by Gasteiger charge is 2.28. The zero-order valence-corrected chi connectivity index (χ0v) is 14.7. The Kier molecular flexibility index (Phi) is 6.39. The summed E-state index contributed by atoms with van der Waals surface area (Å²) in [5.41, 5.74) is 0. The molecular weight excluding hydrogens is 365 g/mol. The molecule has 1 aliphatic rings. The minimum atomic E-state index is -0.679. The van der Waals surface area contributed by atoms with E-state index in [4.69, 9.17) is 44.3 Å². The van der Waals surface area contributed by atoms with E-state index in [-0.39, 0.29) is 46.0 Å². The summed E-state index contributed by atoms with van der Waals surface area (Å²) in [6, 6.07) is 2.93. The molecule has 1 fully saturated rings. The highest BCUT2D eigenvalue weighted by molar-refractivity contribution is 6.43. The fourth-order valence-electron chi connectivity index (χ4n) is 1.95. The van der Waals surface area contributed by atoms with Gasteiger partial charge in [0.25, 0.3) is 5.91 Å². The Balaban J connectivity index is 1.72. The predicted octanol–water partition coefficient (Wildman–Crippen LogP) is 3.48. The Morgan fingerprint density at radius 1 is 1.17 bits per heavy atom. The van der Waals surface area contributed by atoms with E-state index in [9.17, 15) is 9.59 Å². The number of esters is 1. The quantitative estimate of drug-likeness (QED) is 0.581. The zero-order chi connectivity index (χ0) is 17.0. The van der Waals surface area contributed by atoms with E-state index in [1.54, 1.807) is 0 Å². The molecule has 1 aromatic carbocycles. The summed E-state index contributed by atoms with van der Waals surface area (Å²) in [7, 11) is 0. The van der Waals surface area contributed by atoms with Crippen molar-refractivity contribution in [2.24, 2.45) is 5.92 Å². The fraction of sp³-hybridized carbons (Fsp3) is 0.467. The van der Waals surface area contributed by atoms with Crippen LogP contribution in [0.1, 0.15) is 19.8 Å². The van der Waals surface area contributed by atoms with E-state index in [1.807, 2.05) is 6.92 Å². The maximum atomic E-state index is 11.6. The van der Waals surface area contributed by atoms with Crippen LogP contribution in [-0.2, 0) is 14.3 Å². The molecule has 1 saturated carbocycles. The summed E-state index contributed by atoms with van der Waals surface area (Å²) < 4.78 is 10.1. The molecule has 5 nitrogen and oxygen atoms in total. The molecule has 1 amide bonds. The topological polar surface area (TPSA) is 64.6 Å². The van der Waals surface area contributed by atoms with E-state index in [2.05, 4.69) is 5.32 Å². The van der Waals surface area contributed by atoms with Crippen LogP contribution in [0, 0.1) is 5.92 Å². The van der Waals surface area contributed by atoms with E-state index in [1.165, 1.54) is 12.1 Å². The predicted molar refractivity (Wildman–Crippen MR) is 88.3 cm³/mol. The first-order valence-corrected chi connectivity index (χ1v) is 8.22. The number of hydrogen-bond donors (Lipinski definition) is 1. The molecule has 0 aromatic heterocycles. The SMILES string of the molecule is C[C@H](NC(=O)COC(=O)COc1cc(Cl)c(Cl)cc1Cl)C1CC1. The highest BCUT2D eigenvalue weighted by atomic mass is 35.5. The van der Waals surface area contributed by atoms with Crippen LogP contribution in [-0.4, -0.2) is 31.1 Å².